The lowest BCUT2D eigenvalue weighted by Gasteiger charge is -2.34. The number of aromatic nitrogens is 4. The fourth-order valence-electron chi connectivity index (χ4n) is 6.13. The molecule has 4 heterocycles. The van der Waals surface area contributed by atoms with Crippen LogP contribution in [0.3, 0.4) is 0 Å². The highest BCUT2D eigenvalue weighted by Crippen LogP contribution is 2.33. The zero-order chi connectivity index (χ0) is 26.9. The maximum atomic E-state index is 14.6. The van der Waals surface area contributed by atoms with Crippen LogP contribution >= 0.6 is 0 Å². The van der Waals surface area contributed by atoms with Crippen molar-refractivity contribution in [1.29, 1.82) is 0 Å². The molecule has 1 aromatic carbocycles. The summed E-state index contributed by atoms with van der Waals surface area (Å²) < 4.78 is 35.9. The van der Waals surface area contributed by atoms with Gasteiger partial charge in [-0.3, -0.25) is 9.36 Å². The van der Waals surface area contributed by atoms with Crippen molar-refractivity contribution >= 4 is 34.7 Å². The van der Waals surface area contributed by atoms with E-state index in [0.29, 0.717) is 47.7 Å². The first-order valence-electron chi connectivity index (χ1n) is 14.1. The molecular weight excluding hydrogens is 504 g/mol. The monoisotopic (exact) mass is 539 g/mol. The third-order valence-corrected chi connectivity index (χ3v) is 8.27. The average Bonchev–Trinajstić information content (AvgIpc) is 3.58. The first-order valence-corrected chi connectivity index (χ1v) is 14.1. The molecule has 6 rings (SSSR count). The normalized spacial score (nSPS) is 23.8. The third kappa shape index (κ3) is 5.41. The molecule has 3 fully saturated rings. The first-order chi connectivity index (χ1) is 19.0. The number of benzene rings is 1. The maximum absolute atomic E-state index is 14.6. The number of imidazole rings is 1. The van der Waals surface area contributed by atoms with Gasteiger partial charge in [-0.25, -0.2) is 18.7 Å². The molecule has 0 spiro atoms. The molecule has 9 nitrogen and oxygen atoms in total. The highest BCUT2D eigenvalue weighted by molar-refractivity contribution is 5.79. The van der Waals surface area contributed by atoms with Gasteiger partial charge >= 0.3 is 0 Å². The van der Waals surface area contributed by atoms with E-state index in [-0.39, 0.29) is 23.7 Å². The zero-order valence-corrected chi connectivity index (χ0v) is 22.3. The van der Waals surface area contributed by atoms with E-state index in [9.17, 15) is 13.6 Å². The molecule has 39 heavy (non-hydrogen) atoms. The topological polar surface area (TPSA) is 97.2 Å². The fourth-order valence-corrected chi connectivity index (χ4v) is 6.13. The molecule has 1 saturated carbocycles. The van der Waals surface area contributed by atoms with E-state index in [1.807, 2.05) is 4.57 Å². The van der Waals surface area contributed by atoms with Crippen molar-refractivity contribution in [3.05, 3.63) is 35.5 Å². The summed E-state index contributed by atoms with van der Waals surface area (Å²) in [7, 11) is 0. The molecule has 0 bridgehead atoms. The number of carbonyl (C=O) groups is 1. The fraction of sp³-hybridized carbons (Fsp3) is 0.571. The molecule has 3 aliphatic rings. The molecule has 0 radical (unpaired) electrons. The molecule has 2 saturated heterocycles. The molecule has 11 heteroatoms. The van der Waals surface area contributed by atoms with Crippen LogP contribution in [0, 0.1) is 24.5 Å². The number of fused-ring (bicyclic) bond motifs is 1. The number of anilines is 3. The number of nitrogens with one attached hydrogen (secondary N) is 2. The summed E-state index contributed by atoms with van der Waals surface area (Å²) in [4.78, 5) is 29.0. The Morgan fingerprint density at radius 2 is 1.85 bits per heavy atom. The van der Waals surface area contributed by atoms with E-state index >= 15 is 0 Å². The first kappa shape index (κ1) is 25.9. The number of hydrogen-bond donors (Lipinski definition) is 2. The lowest BCUT2D eigenvalue weighted by atomic mass is 9.85. The van der Waals surface area contributed by atoms with Gasteiger partial charge in [0.15, 0.2) is 5.65 Å². The molecule has 208 valence electrons. The average molecular weight is 540 g/mol. The Labute approximate surface area is 226 Å². The number of amides is 1. The lowest BCUT2D eigenvalue weighted by molar-refractivity contribution is -0.137. The second kappa shape index (κ2) is 11.0. The number of nitrogens with zero attached hydrogens (tertiary/aromatic N) is 5. The number of halogens is 2. The van der Waals surface area contributed by atoms with E-state index in [0.717, 1.165) is 64.1 Å². The maximum Gasteiger partial charge on any atom is 0.225 e. The summed E-state index contributed by atoms with van der Waals surface area (Å²) in [6.45, 7) is 4.55. The van der Waals surface area contributed by atoms with E-state index in [4.69, 9.17) is 9.72 Å². The minimum absolute atomic E-state index is 0.0275. The second-order valence-electron chi connectivity index (χ2n) is 11.0. The van der Waals surface area contributed by atoms with E-state index in [1.165, 1.54) is 12.5 Å². The van der Waals surface area contributed by atoms with Gasteiger partial charge in [-0.05, 0) is 69.9 Å². The smallest absolute Gasteiger partial charge is 0.225 e. The van der Waals surface area contributed by atoms with Crippen molar-refractivity contribution in [3.8, 4) is 0 Å². The van der Waals surface area contributed by atoms with Crippen molar-refractivity contribution in [3.63, 3.8) is 0 Å². The van der Waals surface area contributed by atoms with Gasteiger partial charge in [-0.2, -0.15) is 4.98 Å². The molecule has 2 N–H and O–H groups in total. The minimum Gasteiger partial charge on any atom is -0.379 e. The van der Waals surface area contributed by atoms with Crippen LogP contribution in [0.2, 0.25) is 0 Å². The van der Waals surface area contributed by atoms with Gasteiger partial charge in [0.25, 0.3) is 0 Å². The highest BCUT2D eigenvalue weighted by atomic mass is 19.1. The summed E-state index contributed by atoms with van der Waals surface area (Å²) in [6, 6.07) is 2.30. The third-order valence-electron chi connectivity index (χ3n) is 8.27. The van der Waals surface area contributed by atoms with E-state index in [1.54, 1.807) is 13.1 Å². The molecule has 1 aliphatic carbocycles. The summed E-state index contributed by atoms with van der Waals surface area (Å²) in [5.41, 5.74) is 1.82. The van der Waals surface area contributed by atoms with Crippen LogP contribution in [0.25, 0.3) is 11.2 Å². The number of rotatable bonds is 6. The second-order valence-corrected chi connectivity index (χ2v) is 11.0. The molecule has 2 aromatic heterocycles. The van der Waals surface area contributed by atoms with E-state index in [2.05, 4.69) is 25.5 Å². The Morgan fingerprint density at radius 3 is 2.56 bits per heavy atom. The summed E-state index contributed by atoms with van der Waals surface area (Å²) in [6.07, 6.45) is 9.39. The Balaban J connectivity index is 1.20. The molecule has 0 unspecified atom stereocenters. The Bertz CT molecular complexity index is 1320. The van der Waals surface area contributed by atoms with Gasteiger partial charge in [-0.15, -0.1) is 0 Å². The predicted molar refractivity (Wildman–Crippen MR) is 144 cm³/mol. The largest absolute Gasteiger partial charge is 0.379 e. The molecule has 1 atom stereocenters. The molecular formula is C28H35F2N7O2. The number of likely N-dealkylation sites (tertiary alicyclic amines) is 1. The predicted octanol–water partition coefficient (Wildman–Crippen LogP) is 5.10. The van der Waals surface area contributed by atoms with Crippen LogP contribution in [-0.2, 0) is 9.53 Å². The van der Waals surface area contributed by atoms with Gasteiger partial charge in [0.05, 0.1) is 24.5 Å². The molecule has 1 amide bonds. The van der Waals surface area contributed by atoms with Crippen LogP contribution in [-0.4, -0.2) is 62.7 Å². The van der Waals surface area contributed by atoms with Crippen LogP contribution in [0.5, 0.6) is 0 Å². The van der Waals surface area contributed by atoms with Crippen molar-refractivity contribution in [1.82, 2.24) is 24.4 Å². The van der Waals surface area contributed by atoms with Gasteiger partial charge in [0, 0.05) is 37.7 Å². The summed E-state index contributed by atoms with van der Waals surface area (Å²) >= 11 is 0. The number of piperidine rings is 1. The number of ether oxygens (including phenoxy) is 1. The quantitative estimate of drug-likeness (QED) is 0.450. The number of aryl methyl sites for hydroxylation is 1. The Morgan fingerprint density at radius 1 is 1.05 bits per heavy atom. The zero-order valence-electron chi connectivity index (χ0n) is 22.3. The van der Waals surface area contributed by atoms with Crippen LogP contribution < -0.4 is 10.6 Å². The summed E-state index contributed by atoms with van der Waals surface area (Å²) in [5, 5.41) is 6.55. The van der Waals surface area contributed by atoms with Gasteiger partial charge < -0.3 is 20.3 Å². The molecule has 3 aromatic rings. The van der Waals surface area contributed by atoms with Crippen LogP contribution in [0.1, 0.15) is 63.0 Å². The summed E-state index contributed by atoms with van der Waals surface area (Å²) in [5.74, 6) is 0.0383. The Kier molecular flexibility index (Phi) is 7.33. The Hall–Kier alpha value is -3.34. The minimum atomic E-state index is -0.684. The van der Waals surface area contributed by atoms with Crippen molar-refractivity contribution < 1.29 is 18.3 Å². The van der Waals surface area contributed by atoms with Crippen molar-refractivity contribution in [2.75, 3.05) is 36.9 Å². The van der Waals surface area contributed by atoms with Crippen molar-refractivity contribution in [2.45, 2.75) is 70.4 Å². The van der Waals surface area contributed by atoms with Crippen LogP contribution in [0.15, 0.2) is 18.3 Å². The number of hydrogen-bond acceptors (Lipinski definition) is 7. The van der Waals surface area contributed by atoms with Gasteiger partial charge in [0.1, 0.15) is 17.2 Å². The standard InChI is InChI=1S/C28H35F2N7O2/c1-17-13-19(29)14-22(30)24(17)34-28-33-23-15-31-27(35-25(23)37(28)21-9-12-39-16-21)32-20-7-5-18(6-8-20)26(38)36-10-3-2-4-11-36/h13-15,18,20-21H,2-12,16H2,1H3,(H,33,34)(H,31,32,35)/t18?,20?,21-/m1/s1. The number of carbonyl (C=O) groups excluding carboxylic acids is 1. The molecule has 2 aliphatic heterocycles. The van der Waals surface area contributed by atoms with Gasteiger partial charge in [-0.1, -0.05) is 0 Å². The van der Waals surface area contributed by atoms with Crippen molar-refractivity contribution in [2.24, 2.45) is 5.92 Å². The van der Waals surface area contributed by atoms with E-state index < -0.39 is 11.6 Å². The van der Waals surface area contributed by atoms with Crippen LogP contribution in [0.4, 0.5) is 26.4 Å². The lowest BCUT2D eigenvalue weighted by Crippen LogP contribution is -2.41. The highest BCUT2D eigenvalue weighted by Gasteiger charge is 2.31. The SMILES string of the molecule is Cc1cc(F)cc(F)c1Nc1nc2cnc(NC3CCC(C(=O)N4CCCCC4)CC3)nc2n1[C@@H]1CCOC1. The van der Waals surface area contributed by atoms with Gasteiger partial charge in [0.2, 0.25) is 17.8 Å².